The summed E-state index contributed by atoms with van der Waals surface area (Å²) in [5.41, 5.74) is 7.56. The number of rotatable bonds is 3. The predicted octanol–water partition coefficient (Wildman–Crippen LogP) is 7.14. The molecule has 0 aromatic heterocycles. The zero-order valence-corrected chi connectivity index (χ0v) is 22.5. The minimum atomic E-state index is -3.11. The first-order valence-corrected chi connectivity index (χ1v) is 14.4. The van der Waals surface area contributed by atoms with E-state index in [-0.39, 0.29) is 0 Å². The number of hydrogen-bond donors (Lipinski definition) is 0. The molecule has 6 rings (SSSR count). The normalized spacial score (nSPS) is 13.1. The van der Waals surface area contributed by atoms with Gasteiger partial charge < -0.3 is 9.46 Å². The summed E-state index contributed by atoms with van der Waals surface area (Å²) in [7, 11) is -3.11. The van der Waals surface area contributed by atoms with Crippen LogP contribution in [-0.2, 0) is 4.57 Å². The molecule has 186 valence electrons. The molecule has 1 aliphatic heterocycles. The molecule has 0 radical (unpaired) electrons. The summed E-state index contributed by atoms with van der Waals surface area (Å²) in [4.78, 5) is 2.21. The lowest BCUT2D eigenvalue weighted by molar-refractivity contribution is 0.592. The maximum Gasteiger partial charge on any atom is 0.175 e. The van der Waals surface area contributed by atoms with Crippen molar-refractivity contribution < 1.29 is 4.57 Å². The van der Waals surface area contributed by atoms with Crippen molar-refractivity contribution in [2.24, 2.45) is 0 Å². The molecule has 0 fully saturated rings. The maximum atomic E-state index is 15.1. The van der Waals surface area contributed by atoms with Crippen LogP contribution in [0.15, 0.2) is 109 Å². The van der Waals surface area contributed by atoms with Crippen molar-refractivity contribution in [2.45, 2.75) is 13.8 Å². The molecule has 0 bridgehead atoms. The molecule has 0 aliphatic carbocycles. The lowest BCUT2D eigenvalue weighted by atomic mass is 9.94. The third-order valence-corrected chi connectivity index (χ3v) is 10.5. The van der Waals surface area contributed by atoms with Gasteiger partial charge in [0.15, 0.2) is 7.14 Å². The van der Waals surface area contributed by atoms with Gasteiger partial charge in [-0.25, -0.2) is 0 Å². The highest BCUT2D eigenvalue weighted by molar-refractivity contribution is 7.86. The van der Waals surface area contributed by atoms with E-state index in [4.69, 9.17) is 0 Å². The lowest BCUT2D eigenvalue weighted by Crippen LogP contribution is -2.36. The Morgan fingerprint density at radius 3 is 1.72 bits per heavy atom. The van der Waals surface area contributed by atoms with E-state index in [0.29, 0.717) is 11.1 Å². The third kappa shape index (κ3) is 3.86. The molecule has 0 spiro atoms. The molecule has 5 heteroatoms. The van der Waals surface area contributed by atoms with Crippen LogP contribution in [0.1, 0.15) is 22.3 Å². The van der Waals surface area contributed by atoms with Crippen LogP contribution in [0.3, 0.4) is 0 Å². The Morgan fingerprint density at radius 2 is 1.15 bits per heavy atom. The van der Waals surface area contributed by atoms with E-state index in [9.17, 15) is 10.5 Å². The van der Waals surface area contributed by atoms with Crippen LogP contribution in [0.2, 0.25) is 0 Å². The molecule has 39 heavy (non-hydrogen) atoms. The van der Waals surface area contributed by atoms with E-state index in [1.807, 2.05) is 97.9 Å². The summed E-state index contributed by atoms with van der Waals surface area (Å²) < 4.78 is 15.1. The van der Waals surface area contributed by atoms with Crippen molar-refractivity contribution in [1.29, 1.82) is 10.5 Å². The molecule has 5 aromatic rings. The molecule has 4 nitrogen and oxygen atoms in total. The summed E-state index contributed by atoms with van der Waals surface area (Å²) in [6, 6.07) is 39.5. The summed E-state index contributed by atoms with van der Waals surface area (Å²) in [6.07, 6.45) is 0. The van der Waals surface area contributed by atoms with Crippen molar-refractivity contribution in [3.8, 4) is 23.3 Å². The average molecular weight is 522 g/mol. The number of para-hydroxylation sites is 2. The van der Waals surface area contributed by atoms with Gasteiger partial charge in [-0.15, -0.1) is 0 Å². The molecular formula is C34H24N3OP. The van der Waals surface area contributed by atoms with Gasteiger partial charge in [0.25, 0.3) is 0 Å². The van der Waals surface area contributed by atoms with Crippen LogP contribution in [0.4, 0.5) is 17.1 Å². The van der Waals surface area contributed by atoms with Gasteiger partial charge in [-0.05, 0) is 90.7 Å². The van der Waals surface area contributed by atoms with E-state index in [1.54, 1.807) is 6.07 Å². The smallest absolute Gasteiger partial charge is 0.175 e. The second-order valence-corrected chi connectivity index (χ2v) is 12.4. The number of nitrogens with zero attached hydrogens (tertiary/aromatic N) is 3. The second kappa shape index (κ2) is 9.45. The molecule has 0 amide bonds. The minimum Gasteiger partial charge on any atom is -0.309 e. The fourth-order valence-corrected chi connectivity index (χ4v) is 8.53. The summed E-state index contributed by atoms with van der Waals surface area (Å²) in [5, 5.41) is 21.4. The molecular weight excluding hydrogens is 497 g/mol. The molecule has 0 saturated carbocycles. The largest absolute Gasteiger partial charge is 0.309 e. The first kappa shape index (κ1) is 24.4. The van der Waals surface area contributed by atoms with E-state index >= 15 is 4.57 Å². The molecule has 0 atom stereocenters. The Hall–Kier alpha value is -4.89. The van der Waals surface area contributed by atoms with Gasteiger partial charge in [-0.1, -0.05) is 54.6 Å². The molecule has 1 aliphatic rings. The van der Waals surface area contributed by atoms with Crippen LogP contribution < -0.4 is 20.8 Å². The molecule has 5 aromatic carbocycles. The Kier molecular flexibility index (Phi) is 5.92. The summed E-state index contributed by atoms with van der Waals surface area (Å²) in [6.45, 7) is 4.11. The van der Waals surface area contributed by atoms with Crippen molar-refractivity contribution in [3.05, 3.63) is 131 Å². The zero-order valence-electron chi connectivity index (χ0n) is 21.6. The minimum absolute atomic E-state index is 0.459. The Bertz CT molecular complexity index is 1810. The van der Waals surface area contributed by atoms with Crippen molar-refractivity contribution >= 4 is 40.1 Å². The standard InChI is InChI=1S/C34H24N3OP/c1-23-17-32(24(2)16-29(23)27-19-25(21-35)18-26(20-27)22-36)37-30-12-6-8-14-33(30)39(38,28-10-4-3-5-11-28)34-15-9-7-13-31(34)37/h3-20H,1-2H3. The van der Waals surface area contributed by atoms with E-state index in [2.05, 4.69) is 36.1 Å². The Morgan fingerprint density at radius 1 is 0.615 bits per heavy atom. The van der Waals surface area contributed by atoms with Crippen LogP contribution in [0, 0.1) is 36.5 Å². The number of benzene rings is 5. The van der Waals surface area contributed by atoms with Crippen LogP contribution in [0.5, 0.6) is 0 Å². The monoisotopic (exact) mass is 521 g/mol. The number of nitriles is 2. The van der Waals surface area contributed by atoms with Crippen molar-refractivity contribution in [3.63, 3.8) is 0 Å². The van der Waals surface area contributed by atoms with Gasteiger partial charge in [0, 0.05) is 21.6 Å². The van der Waals surface area contributed by atoms with Gasteiger partial charge in [0.1, 0.15) is 0 Å². The van der Waals surface area contributed by atoms with Crippen LogP contribution >= 0.6 is 7.14 Å². The molecule has 0 saturated heterocycles. The highest BCUT2D eigenvalue weighted by Gasteiger charge is 2.41. The van der Waals surface area contributed by atoms with Crippen molar-refractivity contribution in [2.75, 3.05) is 4.90 Å². The maximum absolute atomic E-state index is 15.1. The van der Waals surface area contributed by atoms with Crippen LogP contribution in [-0.4, -0.2) is 0 Å². The third-order valence-electron chi connectivity index (χ3n) is 7.33. The average Bonchev–Trinajstić information content (AvgIpc) is 2.99. The highest BCUT2D eigenvalue weighted by Crippen LogP contribution is 2.54. The Balaban J connectivity index is 1.58. The highest BCUT2D eigenvalue weighted by atomic mass is 31.2. The number of hydrogen-bond acceptors (Lipinski definition) is 4. The summed E-state index contributed by atoms with van der Waals surface area (Å²) >= 11 is 0. The lowest BCUT2D eigenvalue weighted by Gasteiger charge is -2.38. The molecule has 0 unspecified atom stereocenters. The number of aryl methyl sites for hydroxylation is 2. The molecule has 1 heterocycles. The molecule has 0 N–H and O–H groups in total. The van der Waals surface area contributed by atoms with Gasteiger partial charge in [0.05, 0.1) is 34.6 Å². The van der Waals surface area contributed by atoms with Crippen molar-refractivity contribution in [1.82, 2.24) is 0 Å². The SMILES string of the molecule is Cc1cc(N2c3ccccc3P(=O)(c3ccccc3)c3ccccc32)c(C)cc1-c1cc(C#N)cc(C#N)c1. The first-order chi connectivity index (χ1) is 19.0. The fraction of sp³-hybridized carbons (Fsp3) is 0.0588. The fourth-order valence-electron chi connectivity index (χ4n) is 5.54. The zero-order chi connectivity index (χ0) is 27.1. The van der Waals surface area contributed by atoms with E-state index in [1.165, 1.54) is 0 Å². The second-order valence-electron chi connectivity index (χ2n) is 9.73. The topological polar surface area (TPSA) is 67.9 Å². The first-order valence-electron chi connectivity index (χ1n) is 12.7. The van der Waals surface area contributed by atoms with Gasteiger partial charge in [-0.2, -0.15) is 10.5 Å². The number of anilines is 3. The summed E-state index contributed by atoms with van der Waals surface area (Å²) in [5.74, 6) is 0. The van der Waals surface area contributed by atoms with E-state index in [0.717, 1.165) is 55.2 Å². The van der Waals surface area contributed by atoms with Crippen LogP contribution in [0.25, 0.3) is 11.1 Å². The predicted molar refractivity (Wildman–Crippen MR) is 158 cm³/mol. The van der Waals surface area contributed by atoms with Gasteiger partial charge >= 0.3 is 0 Å². The van der Waals surface area contributed by atoms with Gasteiger partial charge in [-0.3, -0.25) is 0 Å². The quantitative estimate of drug-likeness (QED) is 0.232. The Labute approximate surface area is 228 Å². The van der Waals surface area contributed by atoms with Gasteiger partial charge in [0.2, 0.25) is 0 Å². The number of fused-ring (bicyclic) bond motifs is 2. The van der Waals surface area contributed by atoms with E-state index < -0.39 is 7.14 Å².